The third-order valence-electron chi connectivity index (χ3n) is 2.58. The van der Waals surface area contributed by atoms with E-state index in [1.807, 2.05) is 0 Å². The fourth-order valence-corrected chi connectivity index (χ4v) is 1.72. The standard InChI is InChI=1S/C13H11NO6/c1-8-5-6-9(20-8)7-19-11-4-2-3-10(14(17)18)12(11)13(15)16/h2-6H,7H2,1H3,(H,15,16). The molecule has 0 aliphatic heterocycles. The molecular formula is C13H11NO6. The highest BCUT2D eigenvalue weighted by Gasteiger charge is 2.24. The third-order valence-corrected chi connectivity index (χ3v) is 2.58. The Hall–Kier alpha value is -2.83. The van der Waals surface area contributed by atoms with Crippen LogP contribution in [-0.4, -0.2) is 16.0 Å². The van der Waals surface area contributed by atoms with Crippen molar-refractivity contribution >= 4 is 11.7 Å². The van der Waals surface area contributed by atoms with Crippen LogP contribution in [0, 0.1) is 17.0 Å². The molecule has 0 bridgehead atoms. The number of nitro groups is 1. The maximum Gasteiger partial charge on any atom is 0.346 e. The molecule has 1 aromatic carbocycles. The summed E-state index contributed by atoms with van der Waals surface area (Å²) in [6, 6.07) is 7.28. The number of benzene rings is 1. The first kappa shape index (κ1) is 13.6. The largest absolute Gasteiger partial charge is 0.484 e. The van der Waals surface area contributed by atoms with Crippen molar-refractivity contribution in [1.29, 1.82) is 0 Å². The molecular weight excluding hydrogens is 266 g/mol. The smallest absolute Gasteiger partial charge is 0.346 e. The van der Waals surface area contributed by atoms with Gasteiger partial charge in [-0.3, -0.25) is 10.1 Å². The highest BCUT2D eigenvalue weighted by atomic mass is 16.6. The van der Waals surface area contributed by atoms with Crippen LogP contribution < -0.4 is 4.74 Å². The van der Waals surface area contributed by atoms with Crippen LogP contribution in [0.5, 0.6) is 5.75 Å². The maximum atomic E-state index is 11.2. The van der Waals surface area contributed by atoms with Gasteiger partial charge in [0.1, 0.15) is 23.9 Å². The summed E-state index contributed by atoms with van der Waals surface area (Å²) < 4.78 is 10.6. The number of hydrogen-bond donors (Lipinski definition) is 1. The van der Waals surface area contributed by atoms with Gasteiger partial charge in [-0.2, -0.15) is 0 Å². The fourth-order valence-electron chi connectivity index (χ4n) is 1.72. The van der Waals surface area contributed by atoms with Gasteiger partial charge in [-0.15, -0.1) is 0 Å². The Labute approximate surface area is 113 Å². The molecule has 0 atom stereocenters. The molecule has 7 nitrogen and oxygen atoms in total. The first-order valence-corrected chi connectivity index (χ1v) is 5.68. The van der Waals surface area contributed by atoms with Gasteiger partial charge in [-0.05, 0) is 25.1 Å². The molecule has 0 fully saturated rings. The fraction of sp³-hybridized carbons (Fsp3) is 0.154. The van der Waals surface area contributed by atoms with Crippen LogP contribution in [0.1, 0.15) is 21.9 Å². The second-order valence-electron chi connectivity index (χ2n) is 4.01. The van der Waals surface area contributed by atoms with Crippen LogP contribution in [-0.2, 0) is 6.61 Å². The lowest BCUT2D eigenvalue weighted by Crippen LogP contribution is -2.06. The zero-order chi connectivity index (χ0) is 14.7. The maximum absolute atomic E-state index is 11.2. The molecule has 0 amide bonds. The van der Waals surface area contributed by atoms with Crippen LogP contribution in [0.3, 0.4) is 0 Å². The van der Waals surface area contributed by atoms with E-state index in [4.69, 9.17) is 14.3 Å². The second-order valence-corrected chi connectivity index (χ2v) is 4.01. The van der Waals surface area contributed by atoms with Crippen molar-refractivity contribution in [1.82, 2.24) is 0 Å². The minimum Gasteiger partial charge on any atom is -0.484 e. The summed E-state index contributed by atoms with van der Waals surface area (Å²) in [7, 11) is 0. The normalized spacial score (nSPS) is 10.2. The molecule has 0 spiro atoms. The van der Waals surface area contributed by atoms with E-state index >= 15 is 0 Å². The zero-order valence-electron chi connectivity index (χ0n) is 10.5. The van der Waals surface area contributed by atoms with Gasteiger partial charge in [-0.25, -0.2) is 4.79 Å². The summed E-state index contributed by atoms with van der Waals surface area (Å²) in [6.07, 6.45) is 0. The molecule has 2 aromatic rings. The number of ether oxygens (including phenoxy) is 1. The molecule has 1 heterocycles. The van der Waals surface area contributed by atoms with Crippen molar-refractivity contribution < 1.29 is 24.0 Å². The van der Waals surface area contributed by atoms with Crippen LogP contribution in [0.2, 0.25) is 0 Å². The van der Waals surface area contributed by atoms with Crippen molar-refractivity contribution in [3.8, 4) is 5.75 Å². The van der Waals surface area contributed by atoms with E-state index in [9.17, 15) is 14.9 Å². The van der Waals surface area contributed by atoms with E-state index < -0.39 is 22.1 Å². The SMILES string of the molecule is Cc1ccc(COc2cccc([N+](=O)[O-])c2C(=O)O)o1. The third kappa shape index (κ3) is 2.77. The summed E-state index contributed by atoms with van der Waals surface area (Å²) >= 11 is 0. The summed E-state index contributed by atoms with van der Waals surface area (Å²) in [5, 5.41) is 19.9. The lowest BCUT2D eigenvalue weighted by atomic mass is 10.1. The van der Waals surface area contributed by atoms with E-state index in [0.29, 0.717) is 11.5 Å². The molecule has 104 valence electrons. The van der Waals surface area contributed by atoms with Gasteiger partial charge >= 0.3 is 5.97 Å². The number of hydrogen-bond acceptors (Lipinski definition) is 5. The van der Waals surface area contributed by atoms with Gasteiger partial charge in [0.2, 0.25) is 0 Å². The number of nitrogens with zero attached hydrogens (tertiary/aromatic N) is 1. The van der Waals surface area contributed by atoms with Gasteiger partial charge in [0.15, 0.2) is 5.56 Å². The molecule has 0 saturated carbocycles. The van der Waals surface area contributed by atoms with Gasteiger partial charge in [0.05, 0.1) is 4.92 Å². The van der Waals surface area contributed by atoms with E-state index in [1.165, 1.54) is 12.1 Å². The Kier molecular flexibility index (Phi) is 3.69. The van der Waals surface area contributed by atoms with E-state index in [1.54, 1.807) is 19.1 Å². The predicted octanol–water partition coefficient (Wildman–Crippen LogP) is 2.77. The van der Waals surface area contributed by atoms with Crippen LogP contribution in [0.4, 0.5) is 5.69 Å². The summed E-state index contributed by atoms with van der Waals surface area (Å²) in [4.78, 5) is 21.2. The number of aryl methyl sites for hydroxylation is 1. The Morgan fingerprint density at radius 3 is 2.70 bits per heavy atom. The van der Waals surface area contributed by atoms with Gasteiger partial charge in [0, 0.05) is 6.07 Å². The molecule has 1 N–H and O–H groups in total. The molecule has 20 heavy (non-hydrogen) atoms. The Bertz CT molecular complexity index is 661. The first-order valence-electron chi connectivity index (χ1n) is 5.68. The van der Waals surface area contributed by atoms with Gasteiger partial charge in [-0.1, -0.05) is 6.07 Å². The predicted molar refractivity (Wildman–Crippen MR) is 67.8 cm³/mol. The number of rotatable bonds is 5. The summed E-state index contributed by atoms with van der Waals surface area (Å²) in [6.45, 7) is 1.76. The molecule has 7 heteroatoms. The molecule has 0 radical (unpaired) electrons. The average Bonchev–Trinajstić information content (AvgIpc) is 2.81. The Morgan fingerprint density at radius 1 is 1.40 bits per heavy atom. The molecule has 1 aromatic heterocycles. The molecule has 2 rings (SSSR count). The summed E-state index contributed by atoms with van der Waals surface area (Å²) in [5.41, 5.74) is -0.980. The first-order chi connectivity index (χ1) is 9.49. The van der Waals surface area contributed by atoms with Gasteiger partial charge < -0.3 is 14.3 Å². The summed E-state index contributed by atoms with van der Waals surface area (Å²) in [5.74, 6) is -0.282. The molecule has 0 saturated heterocycles. The van der Waals surface area contributed by atoms with E-state index in [0.717, 1.165) is 6.07 Å². The highest BCUT2D eigenvalue weighted by Crippen LogP contribution is 2.29. The van der Waals surface area contributed by atoms with Crippen molar-refractivity contribution in [3.05, 3.63) is 57.5 Å². The zero-order valence-corrected chi connectivity index (χ0v) is 10.5. The molecule has 0 aliphatic rings. The number of furan rings is 1. The van der Waals surface area contributed by atoms with Crippen molar-refractivity contribution in [2.75, 3.05) is 0 Å². The minimum absolute atomic E-state index is 0.00467. The molecule has 0 unspecified atom stereocenters. The lowest BCUT2D eigenvalue weighted by Gasteiger charge is -2.07. The highest BCUT2D eigenvalue weighted by molar-refractivity contribution is 5.95. The Morgan fingerprint density at radius 2 is 2.15 bits per heavy atom. The van der Waals surface area contributed by atoms with E-state index in [-0.39, 0.29) is 12.4 Å². The number of aromatic carboxylic acids is 1. The van der Waals surface area contributed by atoms with Crippen LogP contribution >= 0.6 is 0 Å². The van der Waals surface area contributed by atoms with Gasteiger partial charge in [0.25, 0.3) is 5.69 Å². The second kappa shape index (κ2) is 5.43. The number of nitro benzene ring substituents is 1. The quantitative estimate of drug-likeness (QED) is 0.665. The number of carboxylic acids is 1. The minimum atomic E-state index is -1.41. The number of carbonyl (C=O) groups is 1. The van der Waals surface area contributed by atoms with E-state index in [2.05, 4.69) is 0 Å². The van der Waals surface area contributed by atoms with Crippen molar-refractivity contribution in [2.24, 2.45) is 0 Å². The Balaban J connectivity index is 2.29. The van der Waals surface area contributed by atoms with Crippen molar-refractivity contribution in [3.63, 3.8) is 0 Å². The van der Waals surface area contributed by atoms with Crippen molar-refractivity contribution in [2.45, 2.75) is 13.5 Å². The molecule has 0 aliphatic carbocycles. The monoisotopic (exact) mass is 277 g/mol. The van der Waals surface area contributed by atoms with Crippen LogP contribution in [0.15, 0.2) is 34.7 Å². The lowest BCUT2D eigenvalue weighted by molar-refractivity contribution is -0.385. The number of carboxylic acid groups (broad SMARTS) is 1. The topological polar surface area (TPSA) is 103 Å². The van der Waals surface area contributed by atoms with Crippen LogP contribution in [0.25, 0.3) is 0 Å². The average molecular weight is 277 g/mol.